The Morgan fingerprint density at radius 3 is 2.10 bits per heavy atom. The predicted molar refractivity (Wildman–Crippen MR) is 259 cm³/mol. The summed E-state index contributed by atoms with van der Waals surface area (Å²) in [5.74, 6) is 0.811. The number of nitrogens with zero attached hydrogens (tertiary/aromatic N) is 2. The molecule has 0 spiro atoms. The van der Waals surface area contributed by atoms with Crippen LogP contribution in [0.25, 0.3) is 67.3 Å². The van der Waals surface area contributed by atoms with Crippen LogP contribution < -0.4 is 4.90 Å². The van der Waals surface area contributed by atoms with E-state index in [1.807, 2.05) is 0 Å². The zero-order valence-electron chi connectivity index (χ0n) is 35.1. The number of aryl methyl sites for hydroxylation is 2. The van der Waals surface area contributed by atoms with E-state index in [9.17, 15) is 0 Å². The third-order valence-corrected chi connectivity index (χ3v) is 13.9. The Balaban J connectivity index is 0.898. The van der Waals surface area contributed by atoms with E-state index in [1.165, 1.54) is 111 Å². The largest absolute Gasteiger partial charge is 0.333 e. The molecule has 0 amide bonds. The molecule has 0 radical (unpaired) electrons. The van der Waals surface area contributed by atoms with Gasteiger partial charge < -0.3 is 9.47 Å². The van der Waals surface area contributed by atoms with Crippen molar-refractivity contribution in [3.05, 3.63) is 215 Å². The third-order valence-electron chi connectivity index (χ3n) is 13.9. The molecule has 2 heterocycles. The highest BCUT2D eigenvalue weighted by atomic mass is 15.2. The maximum absolute atomic E-state index is 2.60. The molecule has 3 unspecified atom stereocenters. The molecule has 0 saturated carbocycles. The maximum atomic E-state index is 2.60. The number of allylic oxidation sites excluding steroid dienone is 4. The minimum Gasteiger partial charge on any atom is -0.333 e. The van der Waals surface area contributed by atoms with Gasteiger partial charge in [0.1, 0.15) is 0 Å². The van der Waals surface area contributed by atoms with E-state index in [0.717, 1.165) is 19.3 Å². The van der Waals surface area contributed by atoms with E-state index in [1.54, 1.807) is 0 Å². The lowest BCUT2D eigenvalue weighted by atomic mass is 9.78. The van der Waals surface area contributed by atoms with Gasteiger partial charge in [0.05, 0.1) is 11.6 Å². The van der Waals surface area contributed by atoms with Gasteiger partial charge in [-0.2, -0.15) is 0 Å². The summed E-state index contributed by atoms with van der Waals surface area (Å²) < 4.78 is 2.46. The summed E-state index contributed by atoms with van der Waals surface area (Å²) in [5, 5.41) is 4.02. The zero-order chi connectivity index (χ0) is 40.8. The first kappa shape index (κ1) is 36.0. The minimum atomic E-state index is 0.256. The standard InChI is InChI=1S/C59H48N2/c1-37-17-25-44(26-18-37)61-55-30-20-39(3)33-50(55)52-36-43(24-32-57(52)61)42-23-31-56-51(35-42)46-13-9-10-16-54(46)60(56)45-27-21-41(22-28-45)59-48-15-8-7-14-47(48)58(40-11-5-4-6-12-40)49-29-19-38(2)34-53(49)59/h4-30,32-33,35,38,43,56H,31,34,36H2,1-3H3. The highest BCUT2D eigenvalue weighted by molar-refractivity contribution is 6.10. The van der Waals surface area contributed by atoms with Crippen molar-refractivity contribution >= 4 is 50.8 Å². The van der Waals surface area contributed by atoms with Gasteiger partial charge in [0, 0.05) is 39.6 Å². The summed E-state index contributed by atoms with van der Waals surface area (Å²) in [6.45, 7) is 6.72. The quantitative estimate of drug-likeness (QED) is 0.169. The first-order chi connectivity index (χ1) is 30.0. The molecular formula is C59H48N2. The van der Waals surface area contributed by atoms with Crippen LogP contribution in [-0.4, -0.2) is 10.6 Å². The van der Waals surface area contributed by atoms with Gasteiger partial charge in [-0.3, -0.25) is 0 Å². The van der Waals surface area contributed by atoms with Crippen molar-refractivity contribution in [3.63, 3.8) is 0 Å². The van der Waals surface area contributed by atoms with Crippen LogP contribution in [0.2, 0.25) is 0 Å². The number of benzene rings is 7. The van der Waals surface area contributed by atoms with Gasteiger partial charge in [-0.15, -0.1) is 0 Å². The maximum Gasteiger partial charge on any atom is 0.0633 e. The molecule has 3 atom stereocenters. The highest BCUT2D eigenvalue weighted by Gasteiger charge is 2.37. The summed E-state index contributed by atoms with van der Waals surface area (Å²) in [5.41, 5.74) is 22.8. The van der Waals surface area contributed by atoms with Crippen molar-refractivity contribution < 1.29 is 0 Å². The smallest absolute Gasteiger partial charge is 0.0633 e. The normalized spacial score (nSPS) is 18.7. The van der Waals surface area contributed by atoms with Crippen LogP contribution in [0.15, 0.2) is 175 Å². The molecule has 0 N–H and O–H groups in total. The molecule has 0 saturated heterocycles. The summed E-state index contributed by atoms with van der Waals surface area (Å²) in [4.78, 5) is 2.60. The van der Waals surface area contributed by atoms with Crippen LogP contribution in [-0.2, 0) is 12.8 Å². The number of hydrogen-bond donors (Lipinski definition) is 0. The number of fused-ring (bicyclic) bond motifs is 8. The van der Waals surface area contributed by atoms with Crippen molar-refractivity contribution in [2.45, 2.75) is 46.1 Å². The van der Waals surface area contributed by atoms with Crippen LogP contribution in [0.4, 0.5) is 11.4 Å². The summed E-state index contributed by atoms with van der Waals surface area (Å²) >= 11 is 0. The fraction of sp³-hybridized carbons (Fsp3) is 0.153. The molecule has 3 aliphatic carbocycles. The Morgan fingerprint density at radius 2 is 1.28 bits per heavy atom. The second-order valence-electron chi connectivity index (χ2n) is 17.8. The molecule has 1 aromatic heterocycles. The number of hydrogen-bond acceptors (Lipinski definition) is 1. The van der Waals surface area contributed by atoms with Crippen LogP contribution in [0, 0.1) is 25.7 Å². The SMILES string of the molecule is Cc1ccc(-n2c3c(c4cc(C)ccc42)CC(C2=CCC4C(=C2)c2ccccc2N4c2ccc(-c4c5c(c(-c6ccccc6)c6ccccc46)C=CC(C)C5)cc2)C=C3)cc1. The van der Waals surface area contributed by atoms with Crippen molar-refractivity contribution in [2.24, 2.45) is 11.8 Å². The topological polar surface area (TPSA) is 8.17 Å². The van der Waals surface area contributed by atoms with E-state index in [2.05, 4.69) is 212 Å². The Labute approximate surface area is 359 Å². The van der Waals surface area contributed by atoms with Gasteiger partial charge in [-0.25, -0.2) is 0 Å². The van der Waals surface area contributed by atoms with E-state index in [0.29, 0.717) is 11.8 Å². The summed E-state index contributed by atoms with van der Waals surface area (Å²) in [7, 11) is 0. The van der Waals surface area contributed by atoms with Crippen LogP contribution in [0.5, 0.6) is 0 Å². The average Bonchev–Trinajstić information content (AvgIpc) is 3.80. The number of aromatic nitrogens is 1. The minimum absolute atomic E-state index is 0.256. The molecule has 8 aromatic rings. The van der Waals surface area contributed by atoms with Crippen molar-refractivity contribution in [2.75, 3.05) is 4.90 Å². The fourth-order valence-corrected chi connectivity index (χ4v) is 11.1. The Morgan fingerprint density at radius 1 is 0.574 bits per heavy atom. The zero-order valence-corrected chi connectivity index (χ0v) is 35.1. The molecule has 1 aliphatic heterocycles. The second kappa shape index (κ2) is 14.1. The number of anilines is 2. The van der Waals surface area contributed by atoms with Gasteiger partial charge in [0.15, 0.2) is 0 Å². The molecule has 2 heteroatoms. The molecular weight excluding hydrogens is 737 g/mol. The van der Waals surface area contributed by atoms with Gasteiger partial charge in [0.2, 0.25) is 0 Å². The van der Waals surface area contributed by atoms with Gasteiger partial charge in [-0.1, -0.05) is 152 Å². The monoisotopic (exact) mass is 784 g/mol. The summed E-state index contributed by atoms with van der Waals surface area (Å²) in [6.07, 6.45) is 17.7. The van der Waals surface area contributed by atoms with E-state index in [4.69, 9.17) is 0 Å². The van der Waals surface area contributed by atoms with Crippen molar-refractivity contribution in [1.29, 1.82) is 0 Å². The molecule has 294 valence electrons. The Bertz CT molecular complexity index is 3190. The second-order valence-corrected chi connectivity index (χ2v) is 17.8. The molecule has 61 heavy (non-hydrogen) atoms. The van der Waals surface area contributed by atoms with E-state index < -0.39 is 0 Å². The van der Waals surface area contributed by atoms with Crippen LogP contribution >= 0.6 is 0 Å². The Hall–Kier alpha value is -6.90. The first-order valence-electron chi connectivity index (χ1n) is 22.1. The average molecular weight is 785 g/mol. The van der Waals surface area contributed by atoms with Crippen LogP contribution in [0.3, 0.4) is 0 Å². The van der Waals surface area contributed by atoms with E-state index in [-0.39, 0.29) is 6.04 Å². The van der Waals surface area contributed by atoms with Crippen LogP contribution in [0.1, 0.15) is 52.4 Å². The predicted octanol–water partition coefficient (Wildman–Crippen LogP) is 15.1. The lowest BCUT2D eigenvalue weighted by molar-refractivity contribution is 0.719. The van der Waals surface area contributed by atoms with E-state index >= 15 is 0 Å². The molecule has 0 fully saturated rings. The summed E-state index contributed by atoms with van der Waals surface area (Å²) in [6, 6.07) is 54.8. The van der Waals surface area contributed by atoms with Gasteiger partial charge >= 0.3 is 0 Å². The Kier molecular flexibility index (Phi) is 8.32. The van der Waals surface area contributed by atoms with Crippen molar-refractivity contribution in [3.8, 4) is 27.9 Å². The first-order valence-corrected chi connectivity index (χ1v) is 22.1. The number of rotatable bonds is 5. The lowest BCUT2D eigenvalue weighted by Crippen LogP contribution is -2.28. The molecule has 4 aliphatic rings. The molecule has 2 nitrogen and oxygen atoms in total. The lowest BCUT2D eigenvalue weighted by Gasteiger charge is -2.31. The fourth-order valence-electron chi connectivity index (χ4n) is 11.1. The highest BCUT2D eigenvalue weighted by Crippen LogP contribution is 2.51. The number of para-hydroxylation sites is 1. The molecule has 7 aromatic carbocycles. The van der Waals surface area contributed by atoms with Gasteiger partial charge in [-0.05, 0) is 148 Å². The van der Waals surface area contributed by atoms with Crippen molar-refractivity contribution in [1.82, 2.24) is 4.57 Å². The third kappa shape index (κ3) is 5.76. The molecule has 0 bridgehead atoms. The molecule has 12 rings (SSSR count). The van der Waals surface area contributed by atoms with Gasteiger partial charge in [0.25, 0.3) is 0 Å².